The van der Waals surface area contributed by atoms with Crippen molar-refractivity contribution in [2.24, 2.45) is 0 Å². The van der Waals surface area contributed by atoms with Crippen LogP contribution in [-0.2, 0) is 4.74 Å². The van der Waals surface area contributed by atoms with Gasteiger partial charge in [-0.2, -0.15) is 0 Å². The van der Waals surface area contributed by atoms with Crippen LogP contribution in [0.3, 0.4) is 0 Å². The SMILES string of the molecule is COc1cc(C(O)C(O)CNC(=O)OCC2c3ccccc3-c3ccccc32)ccn1. The van der Waals surface area contributed by atoms with Crippen LogP contribution in [-0.4, -0.2) is 47.7 Å². The normalized spacial score (nSPS) is 14.3. The fourth-order valence-electron chi connectivity index (χ4n) is 3.89. The molecule has 3 N–H and O–H groups in total. The van der Waals surface area contributed by atoms with Gasteiger partial charge in [0.15, 0.2) is 0 Å². The molecule has 0 spiro atoms. The molecule has 4 rings (SSSR count). The zero-order valence-corrected chi connectivity index (χ0v) is 17.1. The second-order valence-electron chi connectivity index (χ2n) is 7.35. The molecular weight excluding hydrogens is 396 g/mol. The molecule has 2 atom stereocenters. The molecule has 1 amide bonds. The third-order valence-electron chi connectivity index (χ3n) is 5.47. The van der Waals surface area contributed by atoms with Crippen molar-refractivity contribution < 1.29 is 24.5 Å². The lowest BCUT2D eigenvalue weighted by Gasteiger charge is -2.19. The number of benzene rings is 2. The number of aromatic nitrogens is 1. The van der Waals surface area contributed by atoms with Gasteiger partial charge in [0.1, 0.15) is 18.8 Å². The van der Waals surface area contributed by atoms with Crippen LogP contribution in [0.4, 0.5) is 4.79 Å². The van der Waals surface area contributed by atoms with Gasteiger partial charge < -0.3 is 25.0 Å². The van der Waals surface area contributed by atoms with Crippen LogP contribution in [0, 0.1) is 0 Å². The number of fused-ring (bicyclic) bond motifs is 3. The number of methoxy groups -OCH3 is 1. The molecule has 0 aliphatic heterocycles. The van der Waals surface area contributed by atoms with Gasteiger partial charge in [-0.05, 0) is 33.9 Å². The number of ether oxygens (including phenoxy) is 2. The number of aliphatic hydroxyl groups excluding tert-OH is 2. The Morgan fingerprint density at radius 1 is 1.06 bits per heavy atom. The van der Waals surface area contributed by atoms with Gasteiger partial charge in [0, 0.05) is 24.7 Å². The lowest BCUT2D eigenvalue weighted by molar-refractivity contribution is 0.0184. The predicted octanol–water partition coefficient (Wildman–Crippen LogP) is 3.02. The smallest absolute Gasteiger partial charge is 0.407 e. The molecule has 1 heterocycles. The number of hydrogen-bond acceptors (Lipinski definition) is 6. The Hall–Kier alpha value is -3.42. The largest absolute Gasteiger partial charge is 0.481 e. The first-order valence-electron chi connectivity index (χ1n) is 10.0. The molecule has 0 fully saturated rings. The van der Waals surface area contributed by atoms with E-state index in [9.17, 15) is 15.0 Å². The van der Waals surface area contributed by atoms with Crippen LogP contribution in [0.5, 0.6) is 5.88 Å². The maximum absolute atomic E-state index is 12.2. The minimum Gasteiger partial charge on any atom is -0.481 e. The predicted molar refractivity (Wildman–Crippen MR) is 115 cm³/mol. The number of alkyl carbamates (subject to hydrolysis) is 1. The van der Waals surface area contributed by atoms with Crippen molar-refractivity contribution in [3.63, 3.8) is 0 Å². The second kappa shape index (κ2) is 9.16. The Morgan fingerprint density at radius 2 is 1.71 bits per heavy atom. The van der Waals surface area contributed by atoms with Gasteiger partial charge in [0.05, 0.1) is 7.11 Å². The summed E-state index contributed by atoms with van der Waals surface area (Å²) in [5.74, 6) is 0.284. The maximum Gasteiger partial charge on any atom is 0.407 e. The monoisotopic (exact) mass is 420 g/mol. The molecule has 31 heavy (non-hydrogen) atoms. The van der Waals surface area contributed by atoms with Crippen molar-refractivity contribution in [2.75, 3.05) is 20.3 Å². The highest BCUT2D eigenvalue weighted by molar-refractivity contribution is 5.79. The molecule has 0 saturated carbocycles. The Kier molecular flexibility index (Phi) is 6.16. The molecule has 0 radical (unpaired) electrons. The summed E-state index contributed by atoms with van der Waals surface area (Å²) in [6.07, 6.45) is -1.60. The molecule has 2 aromatic carbocycles. The van der Waals surface area contributed by atoms with Crippen molar-refractivity contribution in [3.8, 4) is 17.0 Å². The lowest BCUT2D eigenvalue weighted by atomic mass is 9.98. The number of nitrogens with zero attached hydrogens (tertiary/aromatic N) is 1. The van der Waals surface area contributed by atoms with Gasteiger partial charge in [0.2, 0.25) is 5.88 Å². The van der Waals surface area contributed by atoms with Gasteiger partial charge in [-0.15, -0.1) is 0 Å². The quantitative estimate of drug-likeness (QED) is 0.543. The van der Waals surface area contributed by atoms with Gasteiger partial charge >= 0.3 is 6.09 Å². The highest BCUT2D eigenvalue weighted by atomic mass is 16.5. The highest BCUT2D eigenvalue weighted by Gasteiger charge is 2.29. The third-order valence-corrected chi connectivity index (χ3v) is 5.47. The molecule has 1 aromatic heterocycles. The molecule has 0 saturated heterocycles. The number of pyridine rings is 1. The average molecular weight is 420 g/mol. The van der Waals surface area contributed by atoms with Gasteiger partial charge in [-0.3, -0.25) is 0 Å². The summed E-state index contributed by atoms with van der Waals surface area (Å²) in [5, 5.41) is 23.1. The molecule has 3 aromatic rings. The molecule has 1 aliphatic carbocycles. The summed E-state index contributed by atoms with van der Waals surface area (Å²) in [7, 11) is 1.47. The van der Waals surface area contributed by atoms with E-state index in [1.165, 1.54) is 19.4 Å². The highest BCUT2D eigenvalue weighted by Crippen LogP contribution is 2.44. The fraction of sp³-hybridized carbons (Fsp3) is 0.250. The Bertz CT molecular complexity index is 1030. The number of hydrogen-bond donors (Lipinski definition) is 3. The van der Waals surface area contributed by atoms with E-state index in [4.69, 9.17) is 9.47 Å². The Morgan fingerprint density at radius 3 is 2.35 bits per heavy atom. The minimum atomic E-state index is -1.22. The molecule has 1 aliphatic rings. The standard InChI is InChI=1S/C24H24N2O5/c1-30-22-12-15(10-11-25-22)23(28)21(27)13-26-24(29)31-14-20-18-8-4-2-6-16(18)17-7-3-5-9-19(17)20/h2-12,20-21,23,27-28H,13-14H2,1H3,(H,26,29). The molecule has 2 unspecified atom stereocenters. The molecular formula is C24H24N2O5. The first-order chi connectivity index (χ1) is 15.1. The van der Waals surface area contributed by atoms with Crippen LogP contribution >= 0.6 is 0 Å². The van der Waals surface area contributed by atoms with Crippen molar-refractivity contribution in [1.82, 2.24) is 10.3 Å². The summed E-state index contributed by atoms with van der Waals surface area (Å²) in [6, 6.07) is 19.3. The number of carbonyl (C=O) groups is 1. The summed E-state index contributed by atoms with van der Waals surface area (Å²) >= 11 is 0. The lowest BCUT2D eigenvalue weighted by Crippen LogP contribution is -2.36. The van der Waals surface area contributed by atoms with Gasteiger partial charge in [-0.25, -0.2) is 9.78 Å². The van der Waals surface area contributed by atoms with Gasteiger partial charge in [0.25, 0.3) is 0 Å². The van der Waals surface area contributed by atoms with E-state index in [0.717, 1.165) is 22.3 Å². The van der Waals surface area contributed by atoms with Crippen LogP contribution < -0.4 is 10.1 Å². The first kappa shape index (κ1) is 20.8. The van der Waals surface area contributed by atoms with Crippen LogP contribution in [0.15, 0.2) is 66.9 Å². The van der Waals surface area contributed by atoms with E-state index >= 15 is 0 Å². The molecule has 160 valence electrons. The molecule has 0 bridgehead atoms. The Balaban J connectivity index is 1.33. The van der Waals surface area contributed by atoms with E-state index in [1.807, 2.05) is 36.4 Å². The summed E-state index contributed by atoms with van der Waals surface area (Å²) < 4.78 is 10.5. The maximum atomic E-state index is 12.2. The van der Waals surface area contributed by atoms with Crippen LogP contribution in [0.1, 0.15) is 28.7 Å². The van der Waals surface area contributed by atoms with Gasteiger partial charge in [-0.1, -0.05) is 48.5 Å². The number of carbonyl (C=O) groups excluding carboxylic acids is 1. The summed E-state index contributed by atoms with van der Waals surface area (Å²) in [5.41, 5.74) is 4.99. The molecule has 7 heteroatoms. The number of amides is 1. The Labute approximate surface area is 180 Å². The summed E-state index contributed by atoms with van der Waals surface area (Å²) in [6.45, 7) is 0.0164. The van der Waals surface area contributed by atoms with Crippen LogP contribution in [0.25, 0.3) is 11.1 Å². The minimum absolute atomic E-state index is 0.0436. The zero-order chi connectivity index (χ0) is 21.8. The first-order valence-corrected chi connectivity index (χ1v) is 10.0. The average Bonchev–Trinajstić information content (AvgIpc) is 3.14. The van der Waals surface area contributed by atoms with E-state index in [-0.39, 0.29) is 19.1 Å². The van der Waals surface area contributed by atoms with E-state index in [1.54, 1.807) is 6.07 Å². The number of aliphatic hydroxyl groups is 2. The third kappa shape index (κ3) is 4.38. The second-order valence-corrected chi connectivity index (χ2v) is 7.35. The van der Waals surface area contributed by atoms with Crippen molar-refractivity contribution in [2.45, 2.75) is 18.1 Å². The summed E-state index contributed by atoms with van der Waals surface area (Å²) in [4.78, 5) is 16.2. The topological polar surface area (TPSA) is 101 Å². The number of nitrogens with one attached hydrogen (secondary N) is 1. The molecule has 7 nitrogen and oxygen atoms in total. The fourth-order valence-corrected chi connectivity index (χ4v) is 3.89. The van der Waals surface area contributed by atoms with E-state index in [0.29, 0.717) is 11.4 Å². The van der Waals surface area contributed by atoms with E-state index < -0.39 is 18.3 Å². The van der Waals surface area contributed by atoms with Crippen molar-refractivity contribution in [3.05, 3.63) is 83.6 Å². The van der Waals surface area contributed by atoms with Crippen molar-refractivity contribution in [1.29, 1.82) is 0 Å². The van der Waals surface area contributed by atoms with Crippen LogP contribution in [0.2, 0.25) is 0 Å². The number of rotatable bonds is 7. The van der Waals surface area contributed by atoms with E-state index in [2.05, 4.69) is 22.4 Å². The van der Waals surface area contributed by atoms with Crippen molar-refractivity contribution >= 4 is 6.09 Å². The zero-order valence-electron chi connectivity index (χ0n) is 17.1.